The Hall–Kier alpha value is -3.01. The van der Waals surface area contributed by atoms with Crippen molar-refractivity contribution in [3.63, 3.8) is 0 Å². The first-order valence-electron chi connectivity index (χ1n) is 7.49. The van der Waals surface area contributed by atoms with Crippen LogP contribution in [0.25, 0.3) is 0 Å². The summed E-state index contributed by atoms with van der Waals surface area (Å²) >= 11 is 0. The van der Waals surface area contributed by atoms with Gasteiger partial charge in [0, 0.05) is 24.5 Å². The summed E-state index contributed by atoms with van der Waals surface area (Å²) < 4.78 is 0. The van der Waals surface area contributed by atoms with Crippen molar-refractivity contribution in [3.05, 3.63) is 90.5 Å². The van der Waals surface area contributed by atoms with E-state index in [0.717, 1.165) is 11.4 Å². The molecule has 2 heterocycles. The molecule has 23 heavy (non-hydrogen) atoms. The van der Waals surface area contributed by atoms with E-state index in [9.17, 15) is 4.79 Å². The molecule has 0 aliphatic heterocycles. The Kier molecular flexibility index (Phi) is 4.74. The second kappa shape index (κ2) is 7.31. The minimum Gasteiger partial charge on any atom is -0.376 e. The number of pyridine rings is 2. The van der Waals surface area contributed by atoms with Crippen molar-refractivity contribution < 1.29 is 4.79 Å². The molecule has 3 aromatic rings. The Balaban J connectivity index is 1.82. The number of ketones is 1. The monoisotopic (exact) mass is 303 g/mol. The zero-order chi connectivity index (χ0) is 15.9. The first-order valence-corrected chi connectivity index (χ1v) is 7.49. The molecule has 1 atom stereocenters. The van der Waals surface area contributed by atoms with Crippen molar-refractivity contribution >= 4 is 11.5 Å². The molecule has 1 N–H and O–H groups in total. The molecule has 0 saturated carbocycles. The average molecular weight is 303 g/mol. The summed E-state index contributed by atoms with van der Waals surface area (Å²) in [7, 11) is 0. The molecule has 1 aromatic carbocycles. The Morgan fingerprint density at radius 1 is 0.870 bits per heavy atom. The third-order valence-electron chi connectivity index (χ3n) is 3.50. The third-order valence-corrected chi connectivity index (χ3v) is 3.50. The smallest absolute Gasteiger partial charge is 0.183 e. The number of aromatic nitrogens is 2. The molecule has 0 radical (unpaired) electrons. The third kappa shape index (κ3) is 4.01. The predicted molar refractivity (Wildman–Crippen MR) is 90.2 cm³/mol. The molecule has 0 aliphatic rings. The van der Waals surface area contributed by atoms with Crippen LogP contribution >= 0.6 is 0 Å². The SMILES string of the molecule is O=C(CC(Nc1ccccc1)c1ccccn1)c1ccccn1. The summed E-state index contributed by atoms with van der Waals surface area (Å²) in [6.07, 6.45) is 3.66. The van der Waals surface area contributed by atoms with Gasteiger partial charge in [0.2, 0.25) is 0 Å². The van der Waals surface area contributed by atoms with E-state index in [0.29, 0.717) is 12.1 Å². The molecule has 0 spiro atoms. The average Bonchev–Trinajstić information content (AvgIpc) is 2.63. The van der Waals surface area contributed by atoms with Crippen LogP contribution in [0.15, 0.2) is 79.1 Å². The molecule has 0 amide bonds. The van der Waals surface area contributed by atoms with Crippen molar-refractivity contribution in [1.29, 1.82) is 0 Å². The number of benzene rings is 1. The van der Waals surface area contributed by atoms with Gasteiger partial charge in [-0.3, -0.25) is 14.8 Å². The highest BCUT2D eigenvalue weighted by Crippen LogP contribution is 2.22. The maximum Gasteiger partial charge on any atom is 0.183 e. The van der Waals surface area contributed by atoms with Crippen LogP contribution in [0, 0.1) is 0 Å². The molecule has 0 aliphatic carbocycles. The van der Waals surface area contributed by atoms with Crippen molar-refractivity contribution in [3.8, 4) is 0 Å². The van der Waals surface area contributed by atoms with Crippen LogP contribution in [0.2, 0.25) is 0 Å². The van der Waals surface area contributed by atoms with Gasteiger partial charge in [0.15, 0.2) is 5.78 Å². The lowest BCUT2D eigenvalue weighted by Crippen LogP contribution is -2.17. The largest absolute Gasteiger partial charge is 0.376 e. The number of hydrogen-bond donors (Lipinski definition) is 1. The highest BCUT2D eigenvalue weighted by Gasteiger charge is 2.18. The normalized spacial score (nSPS) is 11.7. The first-order chi connectivity index (χ1) is 11.3. The number of nitrogens with zero attached hydrogens (tertiary/aromatic N) is 2. The van der Waals surface area contributed by atoms with Crippen molar-refractivity contribution in [2.24, 2.45) is 0 Å². The number of anilines is 1. The van der Waals surface area contributed by atoms with Gasteiger partial charge in [0.1, 0.15) is 5.69 Å². The maximum absolute atomic E-state index is 12.5. The number of para-hydroxylation sites is 1. The number of nitrogens with one attached hydrogen (secondary N) is 1. The summed E-state index contributed by atoms with van der Waals surface area (Å²) in [5.41, 5.74) is 2.26. The molecule has 2 aromatic heterocycles. The zero-order valence-corrected chi connectivity index (χ0v) is 12.6. The van der Waals surface area contributed by atoms with Gasteiger partial charge in [0.25, 0.3) is 0 Å². The molecular weight excluding hydrogens is 286 g/mol. The fourth-order valence-corrected chi connectivity index (χ4v) is 2.36. The van der Waals surface area contributed by atoms with E-state index in [1.54, 1.807) is 24.5 Å². The number of carbonyl (C=O) groups excluding carboxylic acids is 1. The minimum atomic E-state index is -0.201. The number of hydrogen-bond acceptors (Lipinski definition) is 4. The van der Waals surface area contributed by atoms with Gasteiger partial charge in [-0.05, 0) is 36.4 Å². The van der Waals surface area contributed by atoms with Gasteiger partial charge in [0.05, 0.1) is 11.7 Å². The van der Waals surface area contributed by atoms with Gasteiger partial charge >= 0.3 is 0 Å². The van der Waals surface area contributed by atoms with E-state index in [4.69, 9.17) is 0 Å². The summed E-state index contributed by atoms with van der Waals surface area (Å²) in [5, 5.41) is 3.38. The number of rotatable bonds is 6. The summed E-state index contributed by atoms with van der Waals surface area (Å²) in [5.74, 6) is -0.00955. The number of carbonyl (C=O) groups is 1. The molecule has 114 valence electrons. The van der Waals surface area contributed by atoms with E-state index < -0.39 is 0 Å². The molecule has 0 saturated heterocycles. The summed E-state index contributed by atoms with van der Waals surface area (Å²) in [6.45, 7) is 0. The van der Waals surface area contributed by atoms with Crippen molar-refractivity contribution in [1.82, 2.24) is 9.97 Å². The molecular formula is C19H17N3O. The Morgan fingerprint density at radius 2 is 1.57 bits per heavy atom. The molecule has 0 fully saturated rings. The standard InChI is InChI=1S/C19H17N3O/c23-19(17-11-5-7-13-21-17)14-18(16-10-4-6-12-20-16)22-15-8-2-1-3-9-15/h1-13,18,22H,14H2. The van der Waals surface area contributed by atoms with E-state index in [1.165, 1.54) is 0 Å². The Bertz CT molecular complexity index is 745. The lowest BCUT2D eigenvalue weighted by Gasteiger charge is -2.18. The summed E-state index contributed by atoms with van der Waals surface area (Å²) in [6, 6.07) is 20.7. The molecule has 3 rings (SSSR count). The van der Waals surface area contributed by atoms with Gasteiger partial charge in [-0.1, -0.05) is 30.3 Å². The molecule has 4 heteroatoms. The van der Waals surface area contributed by atoms with Crippen LogP contribution in [-0.2, 0) is 0 Å². The maximum atomic E-state index is 12.5. The predicted octanol–water partition coefficient (Wildman–Crippen LogP) is 3.90. The fraction of sp³-hybridized carbons (Fsp3) is 0.105. The minimum absolute atomic E-state index is 0.00955. The van der Waals surface area contributed by atoms with Crippen LogP contribution in [0.1, 0.15) is 28.6 Å². The second-order valence-electron chi connectivity index (χ2n) is 5.16. The zero-order valence-electron chi connectivity index (χ0n) is 12.6. The lowest BCUT2D eigenvalue weighted by molar-refractivity contribution is 0.0971. The topological polar surface area (TPSA) is 54.9 Å². The van der Waals surface area contributed by atoms with Crippen LogP contribution in [0.4, 0.5) is 5.69 Å². The van der Waals surface area contributed by atoms with Gasteiger partial charge in [-0.25, -0.2) is 0 Å². The highest BCUT2D eigenvalue weighted by atomic mass is 16.1. The van der Waals surface area contributed by atoms with Crippen molar-refractivity contribution in [2.45, 2.75) is 12.5 Å². The quantitative estimate of drug-likeness (QED) is 0.702. The van der Waals surface area contributed by atoms with Crippen LogP contribution < -0.4 is 5.32 Å². The summed E-state index contributed by atoms with van der Waals surface area (Å²) in [4.78, 5) is 21.0. The van der Waals surface area contributed by atoms with Gasteiger partial charge in [-0.15, -0.1) is 0 Å². The van der Waals surface area contributed by atoms with Crippen molar-refractivity contribution in [2.75, 3.05) is 5.32 Å². The Labute approximate surface area is 135 Å². The van der Waals surface area contributed by atoms with Crippen LogP contribution in [-0.4, -0.2) is 15.8 Å². The van der Waals surface area contributed by atoms with E-state index in [-0.39, 0.29) is 11.8 Å². The van der Waals surface area contributed by atoms with E-state index in [1.807, 2.05) is 54.6 Å². The second-order valence-corrected chi connectivity index (χ2v) is 5.16. The van der Waals surface area contributed by atoms with Crippen LogP contribution in [0.5, 0.6) is 0 Å². The molecule has 4 nitrogen and oxygen atoms in total. The van der Waals surface area contributed by atoms with E-state index in [2.05, 4.69) is 15.3 Å². The first kappa shape index (κ1) is 14.9. The highest BCUT2D eigenvalue weighted by molar-refractivity contribution is 5.94. The fourth-order valence-electron chi connectivity index (χ4n) is 2.36. The molecule has 1 unspecified atom stereocenters. The Morgan fingerprint density at radius 3 is 2.22 bits per heavy atom. The number of Topliss-reactive ketones (excluding diaryl/α,β-unsaturated/α-hetero) is 1. The molecule has 0 bridgehead atoms. The van der Waals surface area contributed by atoms with Gasteiger partial charge < -0.3 is 5.32 Å². The van der Waals surface area contributed by atoms with E-state index >= 15 is 0 Å². The van der Waals surface area contributed by atoms with Crippen LogP contribution in [0.3, 0.4) is 0 Å². The van der Waals surface area contributed by atoms with Gasteiger partial charge in [-0.2, -0.15) is 0 Å². The lowest BCUT2D eigenvalue weighted by atomic mass is 10.0.